The number of unbranched alkanes of at least 4 members (excludes halogenated alkanes) is 14. The molecule has 0 radical (unpaired) electrons. The molecule has 0 aliphatic carbocycles. The van der Waals surface area contributed by atoms with Crippen LogP contribution < -0.4 is 5.32 Å². The summed E-state index contributed by atoms with van der Waals surface area (Å²) in [6.07, 6.45) is 54.5. The van der Waals surface area contributed by atoms with E-state index in [-0.39, 0.29) is 24.5 Å². The van der Waals surface area contributed by atoms with Crippen LogP contribution in [0, 0.1) is 0 Å². The molecule has 0 saturated heterocycles. The molecule has 0 aromatic rings. The van der Waals surface area contributed by atoms with E-state index in [9.17, 15) is 14.4 Å². The molecular formula is C46H77NO5. The molecule has 6 heteroatoms. The Balaban J connectivity index is 4.22. The molecule has 296 valence electrons. The highest BCUT2D eigenvalue weighted by Crippen LogP contribution is 2.17. The first-order valence-corrected chi connectivity index (χ1v) is 21.1. The summed E-state index contributed by atoms with van der Waals surface area (Å²) in [5, 5.41) is 11.1. The Bertz CT molecular complexity index is 1020. The first kappa shape index (κ1) is 48.9. The highest BCUT2D eigenvalue weighted by atomic mass is 16.5. The van der Waals surface area contributed by atoms with Crippen LogP contribution in [0.5, 0.6) is 0 Å². The summed E-state index contributed by atoms with van der Waals surface area (Å²) in [6.45, 7) is 4.07. The van der Waals surface area contributed by atoms with Crippen LogP contribution in [0.25, 0.3) is 0 Å². The number of hydrogen-bond acceptors (Lipinski definition) is 4. The first-order valence-electron chi connectivity index (χ1n) is 21.1. The van der Waals surface area contributed by atoms with E-state index in [0.717, 1.165) is 109 Å². The van der Waals surface area contributed by atoms with Gasteiger partial charge in [0.2, 0.25) is 5.91 Å². The maximum absolute atomic E-state index is 12.7. The highest BCUT2D eigenvalue weighted by molar-refractivity contribution is 5.80. The minimum atomic E-state index is -1.02. The van der Waals surface area contributed by atoms with Crippen LogP contribution in [-0.2, 0) is 19.1 Å². The number of aliphatic carboxylic acids is 1. The van der Waals surface area contributed by atoms with Crippen LogP contribution in [-0.4, -0.2) is 35.6 Å². The zero-order valence-electron chi connectivity index (χ0n) is 33.4. The molecule has 0 aliphatic heterocycles. The van der Waals surface area contributed by atoms with Gasteiger partial charge in [0, 0.05) is 12.8 Å². The number of carbonyl (C=O) groups is 3. The number of carboxylic acids is 1. The second-order valence-corrected chi connectivity index (χ2v) is 13.9. The molecule has 2 N–H and O–H groups in total. The maximum atomic E-state index is 12.7. The lowest BCUT2D eigenvalue weighted by Crippen LogP contribution is -2.28. The fourth-order valence-electron chi connectivity index (χ4n) is 5.78. The number of carboxylic acid groups (broad SMARTS) is 1. The largest absolute Gasteiger partial charge is 0.480 e. The third kappa shape index (κ3) is 39.6. The molecule has 1 atom stereocenters. The van der Waals surface area contributed by atoms with Crippen LogP contribution in [0.2, 0.25) is 0 Å². The third-order valence-corrected chi connectivity index (χ3v) is 8.86. The van der Waals surface area contributed by atoms with E-state index in [4.69, 9.17) is 9.84 Å². The summed E-state index contributed by atoms with van der Waals surface area (Å²) in [7, 11) is 0. The summed E-state index contributed by atoms with van der Waals surface area (Å²) in [6, 6.07) is 0. The van der Waals surface area contributed by atoms with E-state index in [1.165, 1.54) is 51.4 Å². The van der Waals surface area contributed by atoms with Crippen LogP contribution >= 0.6 is 0 Å². The molecule has 0 heterocycles. The van der Waals surface area contributed by atoms with Crippen molar-refractivity contribution in [3.8, 4) is 0 Å². The summed E-state index contributed by atoms with van der Waals surface area (Å²) in [5.74, 6) is -1.28. The van der Waals surface area contributed by atoms with Gasteiger partial charge in [-0.2, -0.15) is 0 Å². The van der Waals surface area contributed by atoms with E-state index in [0.29, 0.717) is 12.8 Å². The van der Waals surface area contributed by atoms with Crippen LogP contribution in [0.4, 0.5) is 0 Å². The van der Waals surface area contributed by atoms with Crippen molar-refractivity contribution in [2.24, 2.45) is 0 Å². The van der Waals surface area contributed by atoms with Crippen molar-refractivity contribution >= 4 is 17.8 Å². The van der Waals surface area contributed by atoms with Gasteiger partial charge >= 0.3 is 11.9 Å². The molecule has 0 aromatic carbocycles. The van der Waals surface area contributed by atoms with Crippen molar-refractivity contribution in [2.75, 3.05) is 6.54 Å². The van der Waals surface area contributed by atoms with Gasteiger partial charge in [0.15, 0.2) is 0 Å². The Morgan fingerprint density at radius 3 is 1.52 bits per heavy atom. The molecule has 0 fully saturated rings. The van der Waals surface area contributed by atoms with Gasteiger partial charge in [0.05, 0.1) is 0 Å². The van der Waals surface area contributed by atoms with Crippen LogP contribution in [0.15, 0.2) is 72.9 Å². The topological polar surface area (TPSA) is 92.7 Å². The Labute approximate surface area is 319 Å². The molecule has 0 aromatic heterocycles. The fourth-order valence-corrected chi connectivity index (χ4v) is 5.78. The summed E-state index contributed by atoms with van der Waals surface area (Å²) in [4.78, 5) is 35.0. The second kappa shape index (κ2) is 40.6. The fraction of sp³-hybridized carbons (Fsp3) is 0.674. The van der Waals surface area contributed by atoms with Crippen molar-refractivity contribution in [3.63, 3.8) is 0 Å². The zero-order chi connectivity index (χ0) is 38.0. The second-order valence-electron chi connectivity index (χ2n) is 13.9. The van der Waals surface area contributed by atoms with Crippen molar-refractivity contribution in [3.05, 3.63) is 72.9 Å². The normalized spacial score (nSPS) is 12.8. The van der Waals surface area contributed by atoms with Gasteiger partial charge in [0.1, 0.15) is 12.6 Å². The van der Waals surface area contributed by atoms with Gasteiger partial charge < -0.3 is 15.2 Å². The predicted molar refractivity (Wildman–Crippen MR) is 221 cm³/mol. The lowest BCUT2D eigenvalue weighted by atomic mass is 10.0. The molecule has 1 amide bonds. The average Bonchev–Trinajstić information content (AvgIpc) is 3.13. The Hall–Kier alpha value is -3.15. The summed E-state index contributed by atoms with van der Waals surface area (Å²) >= 11 is 0. The van der Waals surface area contributed by atoms with Gasteiger partial charge in [-0.15, -0.1) is 0 Å². The number of carbonyl (C=O) groups excluding carboxylic acids is 2. The lowest BCUT2D eigenvalue weighted by molar-refractivity contribution is -0.150. The van der Waals surface area contributed by atoms with Gasteiger partial charge in [-0.25, -0.2) is 0 Å². The number of rotatable bonds is 37. The molecule has 0 rings (SSSR count). The number of ether oxygens (including phenoxy) is 1. The molecule has 52 heavy (non-hydrogen) atoms. The van der Waals surface area contributed by atoms with E-state index >= 15 is 0 Å². The molecule has 0 saturated carbocycles. The average molecular weight is 724 g/mol. The van der Waals surface area contributed by atoms with E-state index < -0.39 is 5.97 Å². The number of allylic oxidation sites excluding steroid dienone is 12. The van der Waals surface area contributed by atoms with Gasteiger partial charge in [-0.1, -0.05) is 145 Å². The molecule has 0 spiro atoms. The van der Waals surface area contributed by atoms with Gasteiger partial charge in [0.25, 0.3) is 0 Å². The van der Waals surface area contributed by atoms with Crippen molar-refractivity contribution in [1.82, 2.24) is 5.32 Å². The number of hydrogen-bond donors (Lipinski definition) is 2. The summed E-state index contributed by atoms with van der Waals surface area (Å²) < 4.78 is 5.99. The minimum absolute atomic E-state index is 0.0282. The number of esters is 1. The monoisotopic (exact) mass is 724 g/mol. The molecule has 0 aliphatic rings. The Morgan fingerprint density at radius 2 is 0.962 bits per heavy atom. The maximum Gasteiger partial charge on any atom is 0.322 e. The van der Waals surface area contributed by atoms with E-state index in [1.54, 1.807) is 0 Å². The Kier molecular flexibility index (Phi) is 38.2. The standard InChI is InChI=1S/C46H77NO5/c1-3-5-7-9-11-13-15-16-17-18-19-20-21-22-24-26-28-33-37-41-46(51)52-43(38-34-30-27-25-23-14-12-10-8-6-4-2)39-35-31-29-32-36-40-44(48)47-42-45(49)50/h5,7,11-14,16-17,19-20,25,27,43H,3-4,6,8-10,15,18,21-24,26,28-42H2,1-2H3,(H,47,48)(H,49,50)/b7-5-,13-11-,14-12-,17-16-,20-19-,27-25-. The third-order valence-electron chi connectivity index (χ3n) is 8.86. The number of amides is 1. The lowest BCUT2D eigenvalue weighted by Gasteiger charge is -2.18. The van der Waals surface area contributed by atoms with Crippen LogP contribution in [0.1, 0.15) is 187 Å². The van der Waals surface area contributed by atoms with Crippen LogP contribution in [0.3, 0.4) is 0 Å². The van der Waals surface area contributed by atoms with Gasteiger partial charge in [-0.05, 0) is 103 Å². The molecule has 6 nitrogen and oxygen atoms in total. The molecular weight excluding hydrogens is 647 g/mol. The van der Waals surface area contributed by atoms with Gasteiger partial charge in [-0.3, -0.25) is 14.4 Å². The first-order chi connectivity index (χ1) is 25.5. The molecule has 1 unspecified atom stereocenters. The predicted octanol–water partition coefficient (Wildman–Crippen LogP) is 13.0. The smallest absolute Gasteiger partial charge is 0.322 e. The minimum Gasteiger partial charge on any atom is -0.480 e. The molecule has 0 bridgehead atoms. The summed E-state index contributed by atoms with van der Waals surface area (Å²) in [5.41, 5.74) is 0. The van der Waals surface area contributed by atoms with Crippen molar-refractivity contribution in [2.45, 2.75) is 193 Å². The zero-order valence-corrected chi connectivity index (χ0v) is 33.4. The Morgan fingerprint density at radius 1 is 0.519 bits per heavy atom. The SMILES string of the molecule is CC/C=C\C/C=C\C/C=C\C/C=C\CCCCCCCCC(=O)OC(CCC/C=C\C/C=C\CCCCC)CCCCCCCC(=O)NCC(=O)O. The van der Waals surface area contributed by atoms with E-state index in [1.807, 2.05) is 0 Å². The van der Waals surface area contributed by atoms with Crippen molar-refractivity contribution < 1.29 is 24.2 Å². The van der Waals surface area contributed by atoms with Crippen molar-refractivity contribution in [1.29, 1.82) is 0 Å². The number of nitrogens with one attached hydrogen (secondary N) is 1. The quantitative estimate of drug-likeness (QED) is 0.0378. The highest BCUT2D eigenvalue weighted by Gasteiger charge is 2.14. The van der Waals surface area contributed by atoms with E-state index in [2.05, 4.69) is 92.1 Å².